The van der Waals surface area contributed by atoms with Crippen molar-refractivity contribution in [3.05, 3.63) is 29.3 Å². The average molecular weight is 290 g/mol. The van der Waals surface area contributed by atoms with E-state index < -0.39 is 0 Å². The number of amides is 2. The first-order chi connectivity index (χ1) is 9.95. The topological polar surface area (TPSA) is 58.2 Å². The van der Waals surface area contributed by atoms with Crippen LogP contribution >= 0.6 is 0 Å². The van der Waals surface area contributed by atoms with Crippen LogP contribution in [-0.4, -0.2) is 18.4 Å². The molecule has 0 aliphatic rings. The molecule has 2 N–H and O–H groups in total. The lowest BCUT2D eigenvalue weighted by atomic mass is 9.98. The Labute approximate surface area is 127 Å². The lowest BCUT2D eigenvalue weighted by Crippen LogP contribution is -2.33. The summed E-state index contributed by atoms with van der Waals surface area (Å²) in [5, 5.41) is 5.57. The number of carbonyl (C=O) groups is 2. The van der Waals surface area contributed by atoms with E-state index in [2.05, 4.69) is 24.5 Å². The van der Waals surface area contributed by atoms with Crippen LogP contribution in [0.4, 0.5) is 5.69 Å². The minimum Gasteiger partial charge on any atom is -0.347 e. The molecule has 21 heavy (non-hydrogen) atoms. The van der Waals surface area contributed by atoms with Gasteiger partial charge in [0.05, 0.1) is 6.54 Å². The summed E-state index contributed by atoms with van der Waals surface area (Å²) in [6, 6.07) is 5.99. The molecule has 116 valence electrons. The summed E-state index contributed by atoms with van der Waals surface area (Å²) in [5.41, 5.74) is 3.01. The van der Waals surface area contributed by atoms with E-state index in [4.69, 9.17) is 0 Å². The average Bonchev–Trinajstić information content (AvgIpc) is 2.44. The maximum atomic E-state index is 12.0. The molecule has 0 aliphatic heterocycles. The fourth-order valence-corrected chi connectivity index (χ4v) is 2.13. The zero-order chi connectivity index (χ0) is 15.8. The Morgan fingerprint density at radius 1 is 1.19 bits per heavy atom. The van der Waals surface area contributed by atoms with Crippen LogP contribution < -0.4 is 10.6 Å². The van der Waals surface area contributed by atoms with Crippen molar-refractivity contribution in [2.45, 2.75) is 52.9 Å². The summed E-state index contributed by atoms with van der Waals surface area (Å²) in [7, 11) is 0. The molecule has 0 saturated carbocycles. The number of unbranched alkanes of at least 4 members (excludes halogenated alkanes) is 1. The van der Waals surface area contributed by atoms with Crippen molar-refractivity contribution in [2.24, 2.45) is 0 Å². The molecule has 0 spiro atoms. The van der Waals surface area contributed by atoms with Gasteiger partial charge in [-0.1, -0.05) is 45.4 Å². The van der Waals surface area contributed by atoms with Gasteiger partial charge >= 0.3 is 0 Å². The van der Waals surface area contributed by atoms with Crippen LogP contribution in [-0.2, 0) is 9.59 Å². The Balaban J connectivity index is 2.61. The third kappa shape index (κ3) is 5.58. The van der Waals surface area contributed by atoms with Gasteiger partial charge in [0.25, 0.3) is 0 Å². The summed E-state index contributed by atoms with van der Waals surface area (Å²) in [6.07, 6.45) is 2.30. The summed E-state index contributed by atoms with van der Waals surface area (Å²) in [4.78, 5) is 23.5. The SMILES string of the molecule is CCCCC(=O)NCC(=O)Nc1c(C)cccc1C(C)C. The monoisotopic (exact) mass is 290 g/mol. The summed E-state index contributed by atoms with van der Waals surface area (Å²) >= 11 is 0. The van der Waals surface area contributed by atoms with Crippen molar-refractivity contribution in [1.82, 2.24) is 5.32 Å². The summed E-state index contributed by atoms with van der Waals surface area (Å²) < 4.78 is 0. The number of anilines is 1. The van der Waals surface area contributed by atoms with Gasteiger partial charge in [-0.2, -0.15) is 0 Å². The van der Waals surface area contributed by atoms with Gasteiger partial charge in [0.1, 0.15) is 0 Å². The molecule has 0 bridgehead atoms. The number of aryl methyl sites for hydroxylation is 1. The van der Waals surface area contributed by atoms with Crippen LogP contribution in [0.5, 0.6) is 0 Å². The van der Waals surface area contributed by atoms with E-state index in [1.54, 1.807) is 0 Å². The third-order valence-corrected chi connectivity index (χ3v) is 3.39. The van der Waals surface area contributed by atoms with E-state index in [1.165, 1.54) is 0 Å². The van der Waals surface area contributed by atoms with Crippen molar-refractivity contribution in [2.75, 3.05) is 11.9 Å². The molecule has 1 rings (SSSR count). The quantitative estimate of drug-likeness (QED) is 0.809. The highest BCUT2D eigenvalue weighted by atomic mass is 16.2. The van der Waals surface area contributed by atoms with E-state index in [0.717, 1.165) is 29.7 Å². The van der Waals surface area contributed by atoms with Crippen molar-refractivity contribution >= 4 is 17.5 Å². The third-order valence-electron chi connectivity index (χ3n) is 3.39. The van der Waals surface area contributed by atoms with E-state index >= 15 is 0 Å². The van der Waals surface area contributed by atoms with Gasteiger partial charge in [-0.3, -0.25) is 9.59 Å². The highest BCUT2D eigenvalue weighted by molar-refractivity contribution is 5.95. The second-order valence-electron chi connectivity index (χ2n) is 5.62. The maximum Gasteiger partial charge on any atom is 0.243 e. The minimum atomic E-state index is -0.184. The van der Waals surface area contributed by atoms with Crippen LogP contribution in [0.3, 0.4) is 0 Å². The number of hydrogen-bond acceptors (Lipinski definition) is 2. The Bertz CT molecular complexity index is 496. The molecule has 1 aromatic carbocycles. The zero-order valence-electron chi connectivity index (χ0n) is 13.5. The molecule has 0 fully saturated rings. The van der Waals surface area contributed by atoms with Crippen LogP contribution in [0, 0.1) is 6.92 Å². The van der Waals surface area contributed by atoms with Gasteiger partial charge in [0.2, 0.25) is 11.8 Å². The Morgan fingerprint density at radius 2 is 1.90 bits per heavy atom. The van der Waals surface area contributed by atoms with Crippen LogP contribution in [0.25, 0.3) is 0 Å². The van der Waals surface area contributed by atoms with E-state index in [0.29, 0.717) is 12.3 Å². The molecule has 4 heteroatoms. The molecule has 0 unspecified atom stereocenters. The first-order valence-corrected chi connectivity index (χ1v) is 7.61. The van der Waals surface area contributed by atoms with E-state index in [1.807, 2.05) is 32.0 Å². The second kappa shape index (κ2) is 8.45. The molecule has 0 aliphatic carbocycles. The molecule has 0 heterocycles. The van der Waals surface area contributed by atoms with Crippen molar-refractivity contribution in [3.63, 3.8) is 0 Å². The van der Waals surface area contributed by atoms with Crippen molar-refractivity contribution in [1.29, 1.82) is 0 Å². The molecule has 2 amide bonds. The first-order valence-electron chi connectivity index (χ1n) is 7.61. The fourth-order valence-electron chi connectivity index (χ4n) is 2.13. The highest BCUT2D eigenvalue weighted by Crippen LogP contribution is 2.27. The predicted octanol–water partition coefficient (Wildman–Crippen LogP) is 3.36. The zero-order valence-corrected chi connectivity index (χ0v) is 13.5. The maximum absolute atomic E-state index is 12.0. The molecule has 1 aromatic rings. The number of rotatable bonds is 7. The molecule has 0 saturated heterocycles. The normalized spacial score (nSPS) is 10.5. The van der Waals surface area contributed by atoms with Crippen LogP contribution in [0.1, 0.15) is 57.1 Å². The van der Waals surface area contributed by atoms with Crippen molar-refractivity contribution in [3.8, 4) is 0 Å². The van der Waals surface area contributed by atoms with Gasteiger partial charge in [0, 0.05) is 12.1 Å². The van der Waals surface area contributed by atoms with E-state index in [9.17, 15) is 9.59 Å². The number of benzene rings is 1. The summed E-state index contributed by atoms with van der Waals surface area (Å²) in [6.45, 7) is 8.22. The molecular formula is C17H26N2O2. The molecule has 0 radical (unpaired) electrons. The standard InChI is InChI=1S/C17H26N2O2/c1-5-6-10-15(20)18-11-16(21)19-17-13(4)8-7-9-14(17)12(2)3/h7-9,12H,5-6,10-11H2,1-4H3,(H,18,20)(H,19,21). The lowest BCUT2D eigenvalue weighted by Gasteiger charge is -2.16. The van der Waals surface area contributed by atoms with Crippen molar-refractivity contribution < 1.29 is 9.59 Å². The molecule has 0 aromatic heterocycles. The van der Waals surface area contributed by atoms with Gasteiger partial charge in [-0.05, 0) is 30.4 Å². The highest BCUT2D eigenvalue weighted by Gasteiger charge is 2.12. The largest absolute Gasteiger partial charge is 0.347 e. The van der Waals surface area contributed by atoms with Gasteiger partial charge in [-0.25, -0.2) is 0 Å². The predicted molar refractivity (Wildman–Crippen MR) is 86.4 cm³/mol. The van der Waals surface area contributed by atoms with Gasteiger partial charge in [-0.15, -0.1) is 0 Å². The fraction of sp³-hybridized carbons (Fsp3) is 0.529. The Hall–Kier alpha value is -1.84. The number of hydrogen-bond donors (Lipinski definition) is 2. The van der Waals surface area contributed by atoms with E-state index in [-0.39, 0.29) is 18.4 Å². The lowest BCUT2D eigenvalue weighted by molar-refractivity contribution is -0.124. The Kier molecular flexibility index (Phi) is 6.92. The van der Waals surface area contributed by atoms with Crippen LogP contribution in [0.15, 0.2) is 18.2 Å². The number of para-hydroxylation sites is 1. The smallest absolute Gasteiger partial charge is 0.243 e. The Morgan fingerprint density at radius 3 is 2.52 bits per heavy atom. The first kappa shape index (κ1) is 17.2. The van der Waals surface area contributed by atoms with Gasteiger partial charge in [0.15, 0.2) is 0 Å². The van der Waals surface area contributed by atoms with Gasteiger partial charge < -0.3 is 10.6 Å². The second-order valence-corrected chi connectivity index (χ2v) is 5.62. The molecule has 0 atom stereocenters. The molecule has 4 nitrogen and oxygen atoms in total. The number of nitrogens with one attached hydrogen (secondary N) is 2. The molecular weight excluding hydrogens is 264 g/mol. The summed E-state index contributed by atoms with van der Waals surface area (Å²) in [5.74, 6) is 0.0799. The number of carbonyl (C=O) groups excluding carboxylic acids is 2. The van der Waals surface area contributed by atoms with Crippen LogP contribution in [0.2, 0.25) is 0 Å². The minimum absolute atomic E-state index is 0.0222.